The van der Waals surface area contributed by atoms with E-state index in [2.05, 4.69) is 5.32 Å². The summed E-state index contributed by atoms with van der Waals surface area (Å²) >= 11 is 0. The molecule has 2 rings (SSSR count). The number of benzene rings is 1. The van der Waals surface area contributed by atoms with Crippen LogP contribution in [0.5, 0.6) is 0 Å². The first-order valence-corrected chi connectivity index (χ1v) is 5.81. The number of hydrogen-bond donors (Lipinski definition) is 1. The van der Waals surface area contributed by atoms with Gasteiger partial charge in [0.1, 0.15) is 11.6 Å². The lowest BCUT2D eigenvalue weighted by atomic mass is 10.1. The Hall–Kier alpha value is -1.29. The predicted octanol–water partition coefficient (Wildman–Crippen LogP) is 2.08. The molecule has 0 atom stereocenters. The van der Waals surface area contributed by atoms with Crippen LogP contribution in [0.1, 0.15) is 18.4 Å². The zero-order valence-electron chi connectivity index (χ0n) is 9.51. The molecular weight excluding hydrogens is 224 g/mol. The summed E-state index contributed by atoms with van der Waals surface area (Å²) in [5.41, 5.74) is 0.128. The monoisotopic (exact) mass is 239 g/mol. The minimum Gasteiger partial charge on any atom is -0.310 e. The molecule has 1 fully saturated rings. The molecule has 4 heteroatoms. The van der Waals surface area contributed by atoms with E-state index in [0.29, 0.717) is 5.92 Å². The number of halogens is 2. The van der Waals surface area contributed by atoms with Crippen molar-refractivity contribution in [3.05, 3.63) is 35.4 Å². The van der Waals surface area contributed by atoms with Crippen molar-refractivity contribution >= 4 is 5.78 Å². The van der Waals surface area contributed by atoms with Crippen LogP contribution in [0.4, 0.5) is 8.78 Å². The molecule has 0 amide bonds. The molecule has 1 aromatic carbocycles. The second kappa shape index (κ2) is 5.36. The van der Waals surface area contributed by atoms with Crippen LogP contribution in [0.25, 0.3) is 0 Å². The fourth-order valence-corrected chi connectivity index (χ4v) is 1.69. The number of hydrogen-bond acceptors (Lipinski definition) is 2. The summed E-state index contributed by atoms with van der Waals surface area (Å²) < 4.78 is 26.1. The standard InChI is InChI=1S/C13H15F2NO/c14-11-3-4-13(15)10(5-11)6-12(17)8-16-7-9-1-2-9/h3-5,9,16H,1-2,6-8H2. The third-order valence-corrected chi connectivity index (χ3v) is 2.85. The predicted molar refractivity (Wildman–Crippen MR) is 60.7 cm³/mol. The molecule has 92 valence electrons. The van der Waals surface area contributed by atoms with Crippen molar-refractivity contribution in [1.29, 1.82) is 0 Å². The molecule has 1 aromatic rings. The Bertz CT molecular complexity index is 416. The van der Waals surface area contributed by atoms with Gasteiger partial charge in [-0.15, -0.1) is 0 Å². The van der Waals surface area contributed by atoms with Gasteiger partial charge in [-0.05, 0) is 49.1 Å². The Morgan fingerprint density at radius 3 is 2.82 bits per heavy atom. The number of carbonyl (C=O) groups is 1. The topological polar surface area (TPSA) is 29.1 Å². The number of carbonyl (C=O) groups excluding carboxylic acids is 1. The minimum absolute atomic E-state index is 0.0543. The van der Waals surface area contributed by atoms with E-state index in [-0.39, 0.29) is 24.3 Å². The van der Waals surface area contributed by atoms with Crippen LogP contribution in [0.3, 0.4) is 0 Å². The summed E-state index contributed by atoms with van der Waals surface area (Å²) in [6.45, 7) is 1.07. The Labute approximate surface area is 99.0 Å². The summed E-state index contributed by atoms with van der Waals surface area (Å²) in [4.78, 5) is 11.5. The third-order valence-electron chi connectivity index (χ3n) is 2.85. The van der Waals surface area contributed by atoms with Crippen LogP contribution >= 0.6 is 0 Å². The van der Waals surface area contributed by atoms with E-state index in [0.717, 1.165) is 24.7 Å². The third kappa shape index (κ3) is 3.89. The number of Topliss-reactive ketones (excluding diaryl/α,β-unsaturated/α-hetero) is 1. The zero-order chi connectivity index (χ0) is 12.3. The van der Waals surface area contributed by atoms with E-state index in [1.807, 2.05) is 0 Å². The fraction of sp³-hybridized carbons (Fsp3) is 0.462. The molecule has 0 unspecified atom stereocenters. The van der Waals surface area contributed by atoms with Gasteiger partial charge in [-0.25, -0.2) is 8.78 Å². The lowest BCUT2D eigenvalue weighted by Gasteiger charge is -2.04. The van der Waals surface area contributed by atoms with Crippen molar-refractivity contribution < 1.29 is 13.6 Å². The highest BCUT2D eigenvalue weighted by Crippen LogP contribution is 2.27. The van der Waals surface area contributed by atoms with Crippen LogP contribution in [0.15, 0.2) is 18.2 Å². The molecule has 2 nitrogen and oxygen atoms in total. The largest absolute Gasteiger partial charge is 0.310 e. The Balaban J connectivity index is 1.81. The highest BCUT2D eigenvalue weighted by Gasteiger charge is 2.20. The molecule has 1 N–H and O–H groups in total. The van der Waals surface area contributed by atoms with Gasteiger partial charge in [0.2, 0.25) is 0 Å². The Morgan fingerprint density at radius 1 is 1.35 bits per heavy atom. The number of ketones is 1. The lowest BCUT2D eigenvalue weighted by Crippen LogP contribution is -2.26. The first-order valence-electron chi connectivity index (χ1n) is 5.81. The molecule has 0 saturated heterocycles. The molecule has 17 heavy (non-hydrogen) atoms. The van der Waals surface area contributed by atoms with Gasteiger partial charge >= 0.3 is 0 Å². The highest BCUT2D eigenvalue weighted by atomic mass is 19.1. The van der Waals surface area contributed by atoms with Crippen LogP contribution in [0, 0.1) is 17.6 Å². The SMILES string of the molecule is O=C(CNCC1CC1)Cc1cc(F)ccc1F. The van der Waals surface area contributed by atoms with Crippen LogP contribution in [0.2, 0.25) is 0 Å². The van der Waals surface area contributed by atoms with Crippen LogP contribution in [-0.2, 0) is 11.2 Å². The molecule has 0 heterocycles. The summed E-state index contributed by atoms with van der Waals surface area (Å²) in [6, 6.07) is 3.18. The van der Waals surface area contributed by atoms with E-state index in [9.17, 15) is 13.6 Å². The molecular formula is C13H15F2NO. The van der Waals surface area contributed by atoms with E-state index in [1.165, 1.54) is 12.8 Å². The maximum atomic E-state index is 13.3. The first-order chi connectivity index (χ1) is 8.15. The minimum atomic E-state index is -0.526. The molecule has 1 aliphatic carbocycles. The quantitative estimate of drug-likeness (QED) is 0.823. The molecule has 0 spiro atoms. The summed E-state index contributed by atoms with van der Waals surface area (Å²) in [7, 11) is 0. The van der Waals surface area contributed by atoms with Gasteiger partial charge in [0.15, 0.2) is 5.78 Å². The van der Waals surface area contributed by atoms with Crippen molar-refractivity contribution in [2.24, 2.45) is 5.92 Å². The van der Waals surface area contributed by atoms with E-state index in [4.69, 9.17) is 0 Å². The molecule has 0 aliphatic heterocycles. The van der Waals surface area contributed by atoms with Gasteiger partial charge in [0, 0.05) is 6.42 Å². The first kappa shape index (κ1) is 12.2. The van der Waals surface area contributed by atoms with Gasteiger partial charge in [0.05, 0.1) is 6.54 Å². The van der Waals surface area contributed by atoms with E-state index < -0.39 is 11.6 Å². The highest BCUT2D eigenvalue weighted by molar-refractivity contribution is 5.82. The fourth-order valence-electron chi connectivity index (χ4n) is 1.69. The van der Waals surface area contributed by atoms with Crippen molar-refractivity contribution in [2.75, 3.05) is 13.1 Å². The summed E-state index contributed by atoms with van der Waals surface area (Å²) in [6.07, 6.45) is 2.39. The Kier molecular flexibility index (Phi) is 3.84. The lowest BCUT2D eigenvalue weighted by molar-refractivity contribution is -0.117. The van der Waals surface area contributed by atoms with Crippen molar-refractivity contribution in [1.82, 2.24) is 5.32 Å². The van der Waals surface area contributed by atoms with E-state index in [1.54, 1.807) is 0 Å². The molecule has 1 saturated carbocycles. The van der Waals surface area contributed by atoms with Crippen molar-refractivity contribution in [3.63, 3.8) is 0 Å². The zero-order valence-corrected chi connectivity index (χ0v) is 9.51. The van der Waals surface area contributed by atoms with Crippen molar-refractivity contribution in [3.8, 4) is 0 Å². The average molecular weight is 239 g/mol. The van der Waals surface area contributed by atoms with Gasteiger partial charge in [0.25, 0.3) is 0 Å². The summed E-state index contributed by atoms with van der Waals surface area (Å²) in [5.74, 6) is -0.453. The van der Waals surface area contributed by atoms with Gasteiger partial charge in [-0.3, -0.25) is 4.79 Å². The molecule has 0 radical (unpaired) electrons. The molecule has 0 aromatic heterocycles. The van der Waals surface area contributed by atoms with Gasteiger partial charge < -0.3 is 5.32 Å². The van der Waals surface area contributed by atoms with Gasteiger partial charge in [-0.1, -0.05) is 0 Å². The maximum Gasteiger partial charge on any atom is 0.151 e. The number of nitrogens with one attached hydrogen (secondary N) is 1. The second-order valence-corrected chi connectivity index (χ2v) is 4.53. The summed E-state index contributed by atoms with van der Waals surface area (Å²) in [5, 5.41) is 3.04. The normalized spacial score (nSPS) is 14.9. The van der Waals surface area contributed by atoms with Gasteiger partial charge in [-0.2, -0.15) is 0 Å². The Morgan fingerprint density at radius 2 is 2.12 bits per heavy atom. The number of rotatable bonds is 6. The molecule has 0 bridgehead atoms. The van der Waals surface area contributed by atoms with Crippen LogP contribution < -0.4 is 5.32 Å². The molecule has 1 aliphatic rings. The van der Waals surface area contributed by atoms with Crippen LogP contribution in [-0.4, -0.2) is 18.9 Å². The maximum absolute atomic E-state index is 13.3. The van der Waals surface area contributed by atoms with Crippen molar-refractivity contribution in [2.45, 2.75) is 19.3 Å². The smallest absolute Gasteiger partial charge is 0.151 e. The van der Waals surface area contributed by atoms with E-state index >= 15 is 0 Å². The average Bonchev–Trinajstić information content (AvgIpc) is 3.07. The second-order valence-electron chi connectivity index (χ2n) is 4.53.